The summed E-state index contributed by atoms with van der Waals surface area (Å²) in [4.78, 5) is 0. The lowest BCUT2D eigenvalue weighted by molar-refractivity contribution is 0.172. The Hall–Kier alpha value is -1.61. The van der Waals surface area contributed by atoms with Crippen LogP contribution in [0, 0.1) is 12.7 Å². The van der Waals surface area contributed by atoms with Crippen molar-refractivity contribution in [1.82, 2.24) is 0 Å². The van der Waals surface area contributed by atoms with E-state index in [1.807, 2.05) is 19.1 Å². The molecule has 0 amide bonds. The van der Waals surface area contributed by atoms with Crippen molar-refractivity contribution >= 4 is 10.8 Å². The highest BCUT2D eigenvalue weighted by molar-refractivity contribution is 5.89. The van der Waals surface area contributed by atoms with E-state index >= 15 is 0 Å². The third-order valence-corrected chi connectivity index (χ3v) is 2.77. The average Bonchev–Trinajstić information content (AvgIpc) is 2.35. The lowest BCUT2D eigenvalue weighted by Crippen LogP contribution is -2.02. The number of methoxy groups -OCH3 is 1. The molecule has 0 saturated heterocycles. The van der Waals surface area contributed by atoms with E-state index in [1.165, 1.54) is 12.1 Å². The maximum Gasteiger partial charge on any atom is 0.127 e. The zero-order valence-corrected chi connectivity index (χ0v) is 10.7. The van der Waals surface area contributed by atoms with Crippen LogP contribution in [-0.4, -0.2) is 20.3 Å². The molecule has 0 aliphatic carbocycles. The van der Waals surface area contributed by atoms with Crippen LogP contribution in [0.25, 0.3) is 10.8 Å². The monoisotopic (exact) mass is 248 g/mol. The summed E-state index contributed by atoms with van der Waals surface area (Å²) >= 11 is 0. The molecule has 0 bridgehead atoms. The van der Waals surface area contributed by atoms with Gasteiger partial charge < -0.3 is 9.47 Å². The molecule has 3 heteroatoms. The van der Waals surface area contributed by atoms with Crippen LogP contribution in [0.4, 0.5) is 4.39 Å². The number of aryl methyl sites for hydroxylation is 1. The van der Waals surface area contributed by atoms with Crippen LogP contribution in [0.15, 0.2) is 30.3 Å². The molecule has 0 saturated carbocycles. The van der Waals surface area contributed by atoms with E-state index in [0.717, 1.165) is 28.5 Å². The van der Waals surface area contributed by atoms with E-state index in [-0.39, 0.29) is 5.82 Å². The Morgan fingerprint density at radius 1 is 1.11 bits per heavy atom. The SMILES string of the molecule is COCCCOc1cc(C)cc2ccc(F)cc12. The molecule has 0 aromatic heterocycles. The predicted octanol–water partition coefficient (Wildman–Crippen LogP) is 3.70. The number of benzene rings is 2. The van der Waals surface area contributed by atoms with Gasteiger partial charge in [-0.2, -0.15) is 0 Å². The largest absolute Gasteiger partial charge is 0.493 e. The second-order valence-electron chi connectivity index (χ2n) is 4.32. The Kier molecular flexibility index (Phi) is 4.15. The lowest BCUT2D eigenvalue weighted by Gasteiger charge is -2.10. The second-order valence-corrected chi connectivity index (χ2v) is 4.32. The van der Waals surface area contributed by atoms with Gasteiger partial charge in [0.05, 0.1) is 6.61 Å². The predicted molar refractivity (Wildman–Crippen MR) is 70.6 cm³/mol. The number of fused-ring (bicyclic) bond motifs is 1. The standard InChI is InChI=1S/C15H17FO2/c1-11-8-12-4-5-13(16)10-14(12)15(9-11)18-7-3-6-17-2/h4-5,8-10H,3,6-7H2,1-2H3. The molecule has 0 spiro atoms. The van der Waals surface area contributed by atoms with Crippen molar-refractivity contribution < 1.29 is 13.9 Å². The summed E-state index contributed by atoms with van der Waals surface area (Å²) in [7, 11) is 1.66. The molecule has 2 aromatic carbocycles. The van der Waals surface area contributed by atoms with Crippen molar-refractivity contribution in [3.05, 3.63) is 41.7 Å². The smallest absolute Gasteiger partial charge is 0.127 e. The van der Waals surface area contributed by atoms with E-state index in [4.69, 9.17) is 9.47 Å². The number of rotatable bonds is 5. The fraction of sp³-hybridized carbons (Fsp3) is 0.333. The molecule has 0 fully saturated rings. The third-order valence-electron chi connectivity index (χ3n) is 2.77. The van der Waals surface area contributed by atoms with Crippen LogP contribution in [0.2, 0.25) is 0 Å². The Morgan fingerprint density at radius 3 is 2.72 bits per heavy atom. The van der Waals surface area contributed by atoms with Crippen molar-refractivity contribution in [2.45, 2.75) is 13.3 Å². The van der Waals surface area contributed by atoms with E-state index in [2.05, 4.69) is 0 Å². The first-order chi connectivity index (χ1) is 8.70. The molecule has 0 atom stereocenters. The minimum Gasteiger partial charge on any atom is -0.493 e. The van der Waals surface area contributed by atoms with Crippen molar-refractivity contribution in [1.29, 1.82) is 0 Å². The summed E-state index contributed by atoms with van der Waals surface area (Å²) in [6.45, 7) is 3.24. The fourth-order valence-electron chi connectivity index (χ4n) is 1.94. The summed E-state index contributed by atoms with van der Waals surface area (Å²) in [6, 6.07) is 8.72. The summed E-state index contributed by atoms with van der Waals surface area (Å²) in [5.74, 6) is 0.494. The maximum atomic E-state index is 13.3. The Balaban J connectivity index is 2.27. The summed E-state index contributed by atoms with van der Waals surface area (Å²) in [5.41, 5.74) is 1.11. The summed E-state index contributed by atoms with van der Waals surface area (Å²) in [5, 5.41) is 1.82. The van der Waals surface area contributed by atoms with Gasteiger partial charge in [0.2, 0.25) is 0 Å². The van der Waals surface area contributed by atoms with Crippen molar-refractivity contribution in [2.24, 2.45) is 0 Å². The molecule has 2 nitrogen and oxygen atoms in total. The van der Waals surface area contributed by atoms with Crippen molar-refractivity contribution in [3.8, 4) is 5.75 Å². The summed E-state index contributed by atoms with van der Waals surface area (Å²) in [6.07, 6.45) is 0.821. The Bertz CT molecular complexity index is 537. The highest BCUT2D eigenvalue weighted by Crippen LogP contribution is 2.28. The fourth-order valence-corrected chi connectivity index (χ4v) is 1.94. The quantitative estimate of drug-likeness (QED) is 0.751. The minimum atomic E-state index is -0.243. The van der Waals surface area contributed by atoms with Gasteiger partial charge in [-0.3, -0.25) is 0 Å². The number of hydrogen-bond donors (Lipinski definition) is 0. The first kappa shape index (κ1) is 12.8. The molecule has 0 aliphatic heterocycles. The second kappa shape index (κ2) is 5.83. The zero-order chi connectivity index (χ0) is 13.0. The van der Waals surface area contributed by atoms with Crippen LogP contribution in [0.5, 0.6) is 5.75 Å². The van der Waals surface area contributed by atoms with E-state index < -0.39 is 0 Å². The molecule has 0 N–H and O–H groups in total. The van der Waals surface area contributed by atoms with Crippen molar-refractivity contribution in [3.63, 3.8) is 0 Å². The molecule has 18 heavy (non-hydrogen) atoms. The lowest BCUT2D eigenvalue weighted by atomic mass is 10.1. The van der Waals surface area contributed by atoms with Gasteiger partial charge in [0.15, 0.2) is 0 Å². The Labute approximate surface area is 106 Å². The number of ether oxygens (including phenoxy) is 2. The topological polar surface area (TPSA) is 18.5 Å². The molecule has 96 valence electrons. The molecule has 0 heterocycles. The zero-order valence-electron chi connectivity index (χ0n) is 10.7. The molecular formula is C15H17FO2. The van der Waals surface area contributed by atoms with Gasteiger partial charge in [0.1, 0.15) is 11.6 Å². The van der Waals surface area contributed by atoms with Gasteiger partial charge in [-0.1, -0.05) is 12.1 Å². The highest BCUT2D eigenvalue weighted by Gasteiger charge is 2.05. The normalized spacial score (nSPS) is 10.8. The Morgan fingerprint density at radius 2 is 1.94 bits per heavy atom. The van der Waals surface area contributed by atoms with Crippen LogP contribution in [-0.2, 0) is 4.74 Å². The van der Waals surface area contributed by atoms with Crippen LogP contribution >= 0.6 is 0 Å². The number of hydrogen-bond acceptors (Lipinski definition) is 2. The number of halogens is 1. The molecule has 0 unspecified atom stereocenters. The third kappa shape index (κ3) is 2.99. The maximum absolute atomic E-state index is 13.3. The van der Waals surface area contributed by atoms with E-state index in [1.54, 1.807) is 13.2 Å². The summed E-state index contributed by atoms with van der Waals surface area (Å²) < 4.78 is 24.0. The minimum absolute atomic E-state index is 0.243. The van der Waals surface area contributed by atoms with Gasteiger partial charge in [-0.25, -0.2) is 4.39 Å². The van der Waals surface area contributed by atoms with Gasteiger partial charge in [0.25, 0.3) is 0 Å². The van der Waals surface area contributed by atoms with Crippen LogP contribution in [0.1, 0.15) is 12.0 Å². The molecule has 0 aliphatic rings. The molecule has 2 aromatic rings. The van der Waals surface area contributed by atoms with Crippen LogP contribution < -0.4 is 4.74 Å². The van der Waals surface area contributed by atoms with Gasteiger partial charge in [-0.05, 0) is 36.1 Å². The highest BCUT2D eigenvalue weighted by atomic mass is 19.1. The van der Waals surface area contributed by atoms with Gasteiger partial charge >= 0.3 is 0 Å². The molecule has 0 radical (unpaired) electrons. The van der Waals surface area contributed by atoms with E-state index in [9.17, 15) is 4.39 Å². The first-order valence-electron chi connectivity index (χ1n) is 6.02. The molecular weight excluding hydrogens is 231 g/mol. The van der Waals surface area contributed by atoms with E-state index in [0.29, 0.717) is 13.2 Å². The molecule has 2 rings (SSSR count). The van der Waals surface area contributed by atoms with Crippen molar-refractivity contribution in [2.75, 3.05) is 20.3 Å². The van der Waals surface area contributed by atoms with Gasteiger partial charge in [-0.15, -0.1) is 0 Å². The first-order valence-corrected chi connectivity index (χ1v) is 6.02. The average molecular weight is 248 g/mol. The van der Waals surface area contributed by atoms with Crippen LogP contribution in [0.3, 0.4) is 0 Å². The van der Waals surface area contributed by atoms with Gasteiger partial charge in [0, 0.05) is 25.5 Å².